The average Bonchev–Trinajstić information content (AvgIpc) is 2.27. The second-order valence-electron chi connectivity index (χ2n) is 4.23. The van der Waals surface area contributed by atoms with Gasteiger partial charge in [-0.1, -0.05) is 20.3 Å². The highest BCUT2D eigenvalue weighted by Crippen LogP contribution is 2.10. The summed E-state index contributed by atoms with van der Waals surface area (Å²) in [6.45, 7) is 7.85. The van der Waals surface area contributed by atoms with Gasteiger partial charge in [0.1, 0.15) is 6.10 Å². The smallest absolute Gasteiger partial charge is 0.162 e. The van der Waals surface area contributed by atoms with Crippen LogP contribution in [0.5, 0.6) is 0 Å². The quantitative estimate of drug-likeness (QED) is 0.674. The molecular formula is C12H23NO2. The van der Waals surface area contributed by atoms with Gasteiger partial charge in [0.2, 0.25) is 0 Å². The minimum atomic E-state index is -0.156. The lowest BCUT2D eigenvalue weighted by atomic mass is 10.1. The maximum Gasteiger partial charge on any atom is 0.162 e. The van der Waals surface area contributed by atoms with Gasteiger partial charge in [-0.2, -0.15) is 0 Å². The predicted molar refractivity (Wildman–Crippen MR) is 61.0 cm³/mol. The highest BCUT2D eigenvalue weighted by molar-refractivity contribution is 5.83. The summed E-state index contributed by atoms with van der Waals surface area (Å²) in [6, 6.07) is 0. The van der Waals surface area contributed by atoms with Crippen LogP contribution in [0.3, 0.4) is 0 Å². The monoisotopic (exact) mass is 213 g/mol. The molecule has 0 spiro atoms. The Kier molecular flexibility index (Phi) is 5.88. The SMILES string of the molecule is CCCCC(=O)C1CN(CCC)CCO1. The van der Waals surface area contributed by atoms with Gasteiger partial charge in [-0.15, -0.1) is 0 Å². The molecule has 3 nitrogen and oxygen atoms in total. The number of ether oxygens (including phenoxy) is 1. The molecule has 3 heteroatoms. The van der Waals surface area contributed by atoms with Crippen molar-refractivity contribution in [3.63, 3.8) is 0 Å². The van der Waals surface area contributed by atoms with Crippen LogP contribution in [-0.2, 0) is 9.53 Å². The lowest BCUT2D eigenvalue weighted by Gasteiger charge is -2.31. The first-order valence-corrected chi connectivity index (χ1v) is 6.14. The molecule has 1 aliphatic heterocycles. The summed E-state index contributed by atoms with van der Waals surface area (Å²) in [5, 5.41) is 0. The van der Waals surface area contributed by atoms with Gasteiger partial charge >= 0.3 is 0 Å². The fraction of sp³-hybridized carbons (Fsp3) is 0.917. The van der Waals surface area contributed by atoms with Crippen LogP contribution in [0.4, 0.5) is 0 Å². The van der Waals surface area contributed by atoms with E-state index in [9.17, 15) is 4.79 Å². The maximum absolute atomic E-state index is 11.8. The molecule has 88 valence electrons. The van der Waals surface area contributed by atoms with Gasteiger partial charge in [0.15, 0.2) is 5.78 Å². The lowest BCUT2D eigenvalue weighted by Crippen LogP contribution is -2.46. The maximum atomic E-state index is 11.8. The topological polar surface area (TPSA) is 29.5 Å². The van der Waals surface area contributed by atoms with Crippen molar-refractivity contribution in [1.29, 1.82) is 0 Å². The second-order valence-corrected chi connectivity index (χ2v) is 4.23. The van der Waals surface area contributed by atoms with Crippen LogP contribution in [0.1, 0.15) is 39.5 Å². The zero-order valence-electron chi connectivity index (χ0n) is 10.00. The molecule has 0 aromatic heterocycles. The van der Waals surface area contributed by atoms with Crippen LogP contribution >= 0.6 is 0 Å². The Bertz CT molecular complexity index is 192. The van der Waals surface area contributed by atoms with Crippen molar-refractivity contribution in [1.82, 2.24) is 4.90 Å². The second kappa shape index (κ2) is 6.96. The van der Waals surface area contributed by atoms with Crippen molar-refractivity contribution in [3.05, 3.63) is 0 Å². The molecule has 1 saturated heterocycles. The molecule has 0 amide bonds. The molecule has 0 saturated carbocycles. The first-order chi connectivity index (χ1) is 7.27. The highest BCUT2D eigenvalue weighted by atomic mass is 16.5. The molecule has 0 radical (unpaired) electrons. The minimum Gasteiger partial charge on any atom is -0.368 e. The molecule has 15 heavy (non-hydrogen) atoms. The number of carbonyl (C=O) groups excluding carboxylic acids is 1. The molecule has 1 atom stereocenters. The molecule has 0 aromatic carbocycles. The molecule has 0 aromatic rings. The van der Waals surface area contributed by atoms with Crippen LogP contribution in [-0.4, -0.2) is 43.0 Å². The number of ketones is 1. The van der Waals surface area contributed by atoms with E-state index in [0.29, 0.717) is 13.0 Å². The lowest BCUT2D eigenvalue weighted by molar-refractivity contribution is -0.136. The number of unbranched alkanes of at least 4 members (excludes halogenated alkanes) is 1. The van der Waals surface area contributed by atoms with Gasteiger partial charge in [0, 0.05) is 19.5 Å². The van der Waals surface area contributed by atoms with E-state index in [1.165, 1.54) is 0 Å². The van der Waals surface area contributed by atoms with Gasteiger partial charge in [-0.25, -0.2) is 0 Å². The highest BCUT2D eigenvalue weighted by Gasteiger charge is 2.25. The van der Waals surface area contributed by atoms with Gasteiger partial charge < -0.3 is 4.74 Å². The summed E-state index contributed by atoms with van der Waals surface area (Å²) < 4.78 is 5.52. The first kappa shape index (κ1) is 12.7. The van der Waals surface area contributed by atoms with E-state index in [4.69, 9.17) is 4.74 Å². The number of nitrogens with zero attached hydrogens (tertiary/aromatic N) is 1. The zero-order valence-corrected chi connectivity index (χ0v) is 10.00. The number of rotatable bonds is 6. The predicted octanol–water partition coefficient (Wildman–Crippen LogP) is 1.86. The first-order valence-electron chi connectivity index (χ1n) is 6.14. The molecule has 1 unspecified atom stereocenters. The van der Waals surface area contributed by atoms with Crippen molar-refractivity contribution in [3.8, 4) is 0 Å². The van der Waals surface area contributed by atoms with Crippen LogP contribution < -0.4 is 0 Å². The van der Waals surface area contributed by atoms with Gasteiger partial charge in [0.05, 0.1) is 6.61 Å². The summed E-state index contributed by atoms with van der Waals surface area (Å²) in [7, 11) is 0. The number of Topliss-reactive ketones (excluding diaryl/α,β-unsaturated/α-hetero) is 1. The van der Waals surface area contributed by atoms with Crippen molar-refractivity contribution >= 4 is 5.78 Å². The third kappa shape index (κ3) is 4.31. The molecule has 1 fully saturated rings. The Morgan fingerprint density at radius 1 is 1.40 bits per heavy atom. The molecule has 1 heterocycles. The van der Waals surface area contributed by atoms with Gasteiger partial charge in [0.25, 0.3) is 0 Å². The molecular weight excluding hydrogens is 190 g/mol. The number of hydrogen-bond acceptors (Lipinski definition) is 3. The zero-order chi connectivity index (χ0) is 11.1. The van der Waals surface area contributed by atoms with Crippen LogP contribution in [0.2, 0.25) is 0 Å². The summed E-state index contributed by atoms with van der Waals surface area (Å²) >= 11 is 0. The average molecular weight is 213 g/mol. The fourth-order valence-electron chi connectivity index (χ4n) is 1.93. The van der Waals surface area contributed by atoms with E-state index in [-0.39, 0.29) is 11.9 Å². The van der Waals surface area contributed by atoms with Crippen molar-refractivity contribution in [2.75, 3.05) is 26.2 Å². The van der Waals surface area contributed by atoms with Gasteiger partial charge in [-0.05, 0) is 19.4 Å². The van der Waals surface area contributed by atoms with Crippen molar-refractivity contribution in [2.24, 2.45) is 0 Å². The number of hydrogen-bond donors (Lipinski definition) is 0. The Hall–Kier alpha value is -0.410. The Morgan fingerprint density at radius 2 is 2.20 bits per heavy atom. The molecule has 0 bridgehead atoms. The molecule has 0 N–H and O–H groups in total. The van der Waals surface area contributed by atoms with Crippen molar-refractivity contribution < 1.29 is 9.53 Å². The van der Waals surface area contributed by atoms with E-state index < -0.39 is 0 Å². The Balaban J connectivity index is 2.31. The number of carbonyl (C=O) groups is 1. The third-order valence-corrected chi connectivity index (χ3v) is 2.83. The largest absolute Gasteiger partial charge is 0.368 e. The van der Waals surface area contributed by atoms with Crippen LogP contribution in [0.25, 0.3) is 0 Å². The fourth-order valence-corrected chi connectivity index (χ4v) is 1.93. The summed E-state index contributed by atoms with van der Waals surface area (Å²) in [5.74, 6) is 0.289. The van der Waals surface area contributed by atoms with E-state index >= 15 is 0 Å². The van der Waals surface area contributed by atoms with Crippen molar-refractivity contribution in [2.45, 2.75) is 45.6 Å². The molecule has 1 rings (SSSR count). The van der Waals surface area contributed by atoms with E-state index in [1.807, 2.05) is 0 Å². The Morgan fingerprint density at radius 3 is 2.87 bits per heavy atom. The van der Waals surface area contributed by atoms with Gasteiger partial charge in [-0.3, -0.25) is 9.69 Å². The van der Waals surface area contributed by atoms with E-state index in [1.54, 1.807) is 0 Å². The summed E-state index contributed by atoms with van der Waals surface area (Å²) in [4.78, 5) is 14.1. The standard InChI is InChI=1S/C12H23NO2/c1-3-5-6-11(14)12-10-13(7-4-2)8-9-15-12/h12H,3-10H2,1-2H3. The molecule has 1 aliphatic rings. The summed E-state index contributed by atoms with van der Waals surface area (Å²) in [6.07, 6.45) is 3.75. The third-order valence-electron chi connectivity index (χ3n) is 2.83. The van der Waals surface area contributed by atoms with Crippen LogP contribution in [0.15, 0.2) is 0 Å². The molecule has 0 aliphatic carbocycles. The van der Waals surface area contributed by atoms with E-state index in [0.717, 1.165) is 38.9 Å². The number of morpholine rings is 1. The minimum absolute atomic E-state index is 0.156. The van der Waals surface area contributed by atoms with E-state index in [2.05, 4.69) is 18.7 Å². The Labute approximate surface area is 92.8 Å². The normalized spacial score (nSPS) is 22.9. The summed E-state index contributed by atoms with van der Waals surface area (Å²) in [5.41, 5.74) is 0. The van der Waals surface area contributed by atoms with Crippen LogP contribution in [0, 0.1) is 0 Å².